The Morgan fingerprint density at radius 2 is 2.12 bits per heavy atom. The summed E-state index contributed by atoms with van der Waals surface area (Å²) in [6.07, 6.45) is 4.31. The van der Waals surface area contributed by atoms with Gasteiger partial charge in [-0.2, -0.15) is 0 Å². The predicted octanol–water partition coefficient (Wildman–Crippen LogP) is 0.979. The molecule has 0 saturated carbocycles. The second-order valence-corrected chi connectivity index (χ2v) is 7.00. The third kappa shape index (κ3) is 4.67. The van der Waals surface area contributed by atoms with Gasteiger partial charge in [0.05, 0.1) is 18.7 Å². The van der Waals surface area contributed by atoms with Crippen molar-refractivity contribution in [3.8, 4) is 0 Å². The maximum atomic E-state index is 12.1. The average Bonchev–Trinajstić information content (AvgIpc) is 2.66. The number of likely N-dealkylation sites (tertiary alicyclic amines) is 1. The van der Waals surface area contributed by atoms with E-state index in [2.05, 4.69) is 10.3 Å². The van der Waals surface area contributed by atoms with E-state index in [1.165, 1.54) is 0 Å². The number of hydrogen-bond donors (Lipinski definition) is 2. The van der Waals surface area contributed by atoms with Gasteiger partial charge in [0.2, 0.25) is 5.91 Å². The van der Waals surface area contributed by atoms with Crippen LogP contribution in [-0.4, -0.2) is 60.7 Å². The van der Waals surface area contributed by atoms with Crippen LogP contribution in [-0.2, 0) is 9.53 Å². The summed E-state index contributed by atoms with van der Waals surface area (Å²) in [6.45, 7) is 3.83. The standard InChI is InChI=1S/C18H28N4O3/c1-25-10-6-17(24)22-8-4-13(5-9-22)18-20-15(11-16(23)21-18)14-3-2-7-19-12-14/h11,13-14,19H,2-10,12H2,1H3,(H,20,21,23)/t14-/m0/s1. The Morgan fingerprint density at radius 3 is 2.80 bits per heavy atom. The number of aromatic nitrogens is 2. The van der Waals surface area contributed by atoms with Crippen LogP contribution in [0.4, 0.5) is 0 Å². The average molecular weight is 348 g/mol. The van der Waals surface area contributed by atoms with Crippen LogP contribution in [0.15, 0.2) is 10.9 Å². The summed E-state index contributed by atoms with van der Waals surface area (Å²) >= 11 is 0. The number of H-pyrrole nitrogens is 1. The van der Waals surface area contributed by atoms with Crippen molar-refractivity contribution in [1.82, 2.24) is 20.2 Å². The van der Waals surface area contributed by atoms with Crippen molar-refractivity contribution >= 4 is 5.91 Å². The molecule has 7 nitrogen and oxygen atoms in total. The van der Waals surface area contributed by atoms with Gasteiger partial charge in [-0.25, -0.2) is 4.98 Å². The molecule has 0 spiro atoms. The fourth-order valence-corrected chi connectivity index (χ4v) is 3.75. The van der Waals surface area contributed by atoms with Gasteiger partial charge in [0.15, 0.2) is 0 Å². The molecular weight excluding hydrogens is 320 g/mol. The second-order valence-electron chi connectivity index (χ2n) is 7.00. The zero-order valence-corrected chi connectivity index (χ0v) is 14.9. The maximum absolute atomic E-state index is 12.1. The van der Waals surface area contributed by atoms with Crippen LogP contribution in [0.1, 0.15) is 55.5 Å². The number of carbonyl (C=O) groups excluding carboxylic acids is 1. The number of nitrogens with zero attached hydrogens (tertiary/aromatic N) is 2. The summed E-state index contributed by atoms with van der Waals surface area (Å²) < 4.78 is 4.98. The molecule has 2 saturated heterocycles. The molecule has 2 N–H and O–H groups in total. The Bertz CT molecular complexity index is 631. The SMILES string of the molecule is COCCC(=O)N1CCC(c2nc([C@H]3CCCNC3)cc(=O)[nH]2)CC1. The van der Waals surface area contributed by atoms with E-state index in [4.69, 9.17) is 9.72 Å². The minimum Gasteiger partial charge on any atom is -0.384 e. The molecule has 0 unspecified atom stereocenters. The first-order valence-electron chi connectivity index (χ1n) is 9.26. The first-order valence-corrected chi connectivity index (χ1v) is 9.26. The van der Waals surface area contributed by atoms with Crippen molar-refractivity contribution in [2.24, 2.45) is 0 Å². The molecular formula is C18H28N4O3. The normalized spacial score (nSPS) is 22.1. The van der Waals surface area contributed by atoms with Crippen molar-refractivity contribution in [2.75, 3.05) is 39.9 Å². The molecule has 7 heteroatoms. The summed E-state index contributed by atoms with van der Waals surface area (Å²) in [7, 11) is 1.61. The molecule has 0 radical (unpaired) electrons. The van der Waals surface area contributed by atoms with Crippen LogP contribution >= 0.6 is 0 Å². The lowest BCUT2D eigenvalue weighted by molar-refractivity contribution is -0.133. The van der Waals surface area contributed by atoms with Crippen molar-refractivity contribution < 1.29 is 9.53 Å². The fourth-order valence-electron chi connectivity index (χ4n) is 3.75. The zero-order valence-electron chi connectivity index (χ0n) is 14.9. The molecule has 0 aromatic carbocycles. The van der Waals surface area contributed by atoms with E-state index in [9.17, 15) is 9.59 Å². The van der Waals surface area contributed by atoms with E-state index < -0.39 is 0 Å². The lowest BCUT2D eigenvalue weighted by atomic mass is 9.93. The Balaban J connectivity index is 1.64. The highest BCUT2D eigenvalue weighted by molar-refractivity contribution is 5.76. The molecule has 1 aromatic rings. The summed E-state index contributed by atoms with van der Waals surface area (Å²) in [5.41, 5.74) is 0.841. The molecule has 25 heavy (non-hydrogen) atoms. The smallest absolute Gasteiger partial charge is 0.251 e. The monoisotopic (exact) mass is 348 g/mol. The number of aromatic amines is 1. The van der Waals surface area contributed by atoms with Gasteiger partial charge in [0.25, 0.3) is 5.56 Å². The first kappa shape index (κ1) is 18.1. The van der Waals surface area contributed by atoms with Gasteiger partial charge >= 0.3 is 0 Å². The lowest BCUT2D eigenvalue weighted by Crippen LogP contribution is -2.39. The van der Waals surface area contributed by atoms with E-state index in [0.29, 0.717) is 32.0 Å². The summed E-state index contributed by atoms with van der Waals surface area (Å²) in [6, 6.07) is 1.64. The van der Waals surface area contributed by atoms with Gasteiger partial charge < -0.3 is 19.9 Å². The van der Waals surface area contributed by atoms with E-state index in [1.807, 2.05) is 4.90 Å². The number of nitrogens with one attached hydrogen (secondary N) is 2. The minimum absolute atomic E-state index is 0.0656. The minimum atomic E-state index is -0.0656. The number of rotatable bonds is 5. The highest BCUT2D eigenvalue weighted by atomic mass is 16.5. The predicted molar refractivity (Wildman–Crippen MR) is 94.8 cm³/mol. The van der Waals surface area contributed by atoms with Gasteiger partial charge in [-0.1, -0.05) is 0 Å². The van der Waals surface area contributed by atoms with E-state index in [-0.39, 0.29) is 17.4 Å². The van der Waals surface area contributed by atoms with Crippen LogP contribution < -0.4 is 10.9 Å². The molecule has 0 bridgehead atoms. The second kappa shape index (κ2) is 8.58. The molecule has 0 aliphatic carbocycles. The van der Waals surface area contributed by atoms with Crippen molar-refractivity contribution in [2.45, 2.75) is 43.9 Å². The van der Waals surface area contributed by atoms with Gasteiger partial charge in [0, 0.05) is 44.6 Å². The van der Waals surface area contributed by atoms with Crippen LogP contribution in [0.2, 0.25) is 0 Å². The topological polar surface area (TPSA) is 87.3 Å². The van der Waals surface area contributed by atoms with Crippen molar-refractivity contribution in [1.29, 1.82) is 0 Å². The molecule has 2 aliphatic rings. The largest absolute Gasteiger partial charge is 0.384 e. The molecule has 2 aliphatic heterocycles. The summed E-state index contributed by atoms with van der Waals surface area (Å²) in [4.78, 5) is 33.8. The summed E-state index contributed by atoms with van der Waals surface area (Å²) in [5.74, 6) is 1.47. The summed E-state index contributed by atoms with van der Waals surface area (Å²) in [5, 5.41) is 3.38. The zero-order chi connectivity index (χ0) is 17.6. The number of ether oxygens (including phenoxy) is 1. The van der Waals surface area contributed by atoms with Gasteiger partial charge in [-0.3, -0.25) is 9.59 Å². The molecule has 1 amide bonds. The molecule has 1 atom stereocenters. The van der Waals surface area contributed by atoms with Crippen molar-refractivity contribution in [3.63, 3.8) is 0 Å². The first-order chi connectivity index (χ1) is 12.2. The molecule has 3 heterocycles. The van der Waals surface area contributed by atoms with E-state index in [0.717, 1.165) is 50.3 Å². The Morgan fingerprint density at radius 1 is 1.32 bits per heavy atom. The lowest BCUT2D eigenvalue weighted by Gasteiger charge is -2.32. The Kier molecular flexibility index (Phi) is 6.20. The van der Waals surface area contributed by atoms with Crippen molar-refractivity contribution in [3.05, 3.63) is 27.9 Å². The van der Waals surface area contributed by atoms with Crippen LogP contribution in [0.3, 0.4) is 0 Å². The molecule has 1 aromatic heterocycles. The quantitative estimate of drug-likeness (QED) is 0.828. The number of amides is 1. The number of piperidine rings is 2. The van der Waals surface area contributed by atoms with E-state index in [1.54, 1.807) is 13.2 Å². The third-order valence-corrected chi connectivity index (χ3v) is 5.25. The van der Waals surface area contributed by atoms with Gasteiger partial charge in [0.1, 0.15) is 5.82 Å². The number of carbonyl (C=O) groups is 1. The number of methoxy groups -OCH3 is 1. The molecule has 3 rings (SSSR count). The molecule has 138 valence electrons. The van der Waals surface area contributed by atoms with Crippen LogP contribution in [0, 0.1) is 0 Å². The highest BCUT2D eigenvalue weighted by Crippen LogP contribution is 2.27. The Labute approximate surface area is 148 Å². The van der Waals surface area contributed by atoms with Gasteiger partial charge in [-0.05, 0) is 32.2 Å². The Hall–Kier alpha value is -1.73. The maximum Gasteiger partial charge on any atom is 0.251 e. The van der Waals surface area contributed by atoms with Crippen LogP contribution in [0.25, 0.3) is 0 Å². The fraction of sp³-hybridized carbons (Fsp3) is 0.722. The number of hydrogen-bond acceptors (Lipinski definition) is 5. The highest BCUT2D eigenvalue weighted by Gasteiger charge is 2.26. The van der Waals surface area contributed by atoms with E-state index >= 15 is 0 Å². The van der Waals surface area contributed by atoms with Crippen LogP contribution in [0.5, 0.6) is 0 Å². The molecule has 2 fully saturated rings. The third-order valence-electron chi connectivity index (χ3n) is 5.25. The van der Waals surface area contributed by atoms with Gasteiger partial charge in [-0.15, -0.1) is 0 Å².